The first-order valence-electron chi connectivity index (χ1n) is 7.82. The summed E-state index contributed by atoms with van der Waals surface area (Å²) in [6, 6.07) is 1.68. The average molecular weight is 308 g/mol. The maximum atomic E-state index is 12.5. The van der Waals surface area contributed by atoms with Gasteiger partial charge in [-0.1, -0.05) is 6.92 Å². The molecule has 0 unspecified atom stereocenters. The molecule has 0 bridgehead atoms. The van der Waals surface area contributed by atoms with Crippen molar-refractivity contribution in [2.75, 3.05) is 39.4 Å². The highest BCUT2D eigenvalue weighted by molar-refractivity contribution is 5.95. The summed E-state index contributed by atoms with van der Waals surface area (Å²) in [5, 5.41) is 0. The molecule has 1 aromatic heterocycles. The SMILES string of the molecule is CCCN(CCC(=O)N1CCOCC1)C(=O)c1ccoc1C. The van der Waals surface area contributed by atoms with E-state index in [9.17, 15) is 9.59 Å². The van der Waals surface area contributed by atoms with Crippen LogP contribution >= 0.6 is 0 Å². The second kappa shape index (κ2) is 7.98. The van der Waals surface area contributed by atoms with Gasteiger partial charge in [-0.15, -0.1) is 0 Å². The van der Waals surface area contributed by atoms with Gasteiger partial charge in [-0.05, 0) is 19.4 Å². The smallest absolute Gasteiger partial charge is 0.257 e. The fourth-order valence-corrected chi connectivity index (χ4v) is 2.56. The Balaban J connectivity index is 1.92. The molecule has 122 valence electrons. The number of morpholine rings is 1. The summed E-state index contributed by atoms with van der Waals surface area (Å²) >= 11 is 0. The molecule has 6 nitrogen and oxygen atoms in total. The van der Waals surface area contributed by atoms with Crippen molar-refractivity contribution in [2.45, 2.75) is 26.7 Å². The van der Waals surface area contributed by atoms with E-state index in [-0.39, 0.29) is 11.8 Å². The average Bonchev–Trinajstić information content (AvgIpc) is 2.97. The van der Waals surface area contributed by atoms with E-state index in [0.717, 1.165) is 6.42 Å². The van der Waals surface area contributed by atoms with E-state index in [4.69, 9.17) is 9.15 Å². The van der Waals surface area contributed by atoms with Crippen LogP contribution in [0.25, 0.3) is 0 Å². The second-order valence-corrected chi connectivity index (χ2v) is 5.43. The van der Waals surface area contributed by atoms with Crippen LogP contribution in [-0.2, 0) is 9.53 Å². The highest BCUT2D eigenvalue weighted by Gasteiger charge is 2.22. The standard InChI is InChI=1S/C16H24N2O4/c1-3-6-18(16(20)14-5-10-22-13(14)2)7-4-15(19)17-8-11-21-12-9-17/h5,10H,3-4,6-9,11-12H2,1-2H3. The number of carbonyl (C=O) groups is 2. The molecule has 22 heavy (non-hydrogen) atoms. The highest BCUT2D eigenvalue weighted by atomic mass is 16.5. The monoisotopic (exact) mass is 308 g/mol. The van der Waals surface area contributed by atoms with Crippen molar-refractivity contribution in [1.29, 1.82) is 0 Å². The topological polar surface area (TPSA) is 63.0 Å². The molecule has 1 aromatic rings. The van der Waals surface area contributed by atoms with Crippen LogP contribution in [0, 0.1) is 6.92 Å². The molecule has 1 saturated heterocycles. The Bertz CT molecular complexity index is 506. The van der Waals surface area contributed by atoms with Crippen LogP contribution in [0.2, 0.25) is 0 Å². The number of ether oxygens (including phenoxy) is 1. The van der Waals surface area contributed by atoms with Crippen molar-refractivity contribution in [3.05, 3.63) is 23.7 Å². The van der Waals surface area contributed by atoms with E-state index in [1.165, 1.54) is 6.26 Å². The predicted molar refractivity (Wildman–Crippen MR) is 81.7 cm³/mol. The van der Waals surface area contributed by atoms with Crippen LogP contribution in [0.4, 0.5) is 0 Å². The van der Waals surface area contributed by atoms with E-state index >= 15 is 0 Å². The zero-order valence-corrected chi connectivity index (χ0v) is 13.3. The van der Waals surface area contributed by atoms with Gasteiger partial charge in [0.05, 0.1) is 25.0 Å². The molecule has 0 atom stereocenters. The van der Waals surface area contributed by atoms with Gasteiger partial charge in [0.1, 0.15) is 5.76 Å². The lowest BCUT2D eigenvalue weighted by Crippen LogP contribution is -2.42. The van der Waals surface area contributed by atoms with E-state index < -0.39 is 0 Å². The Morgan fingerprint density at radius 2 is 2.00 bits per heavy atom. The maximum Gasteiger partial charge on any atom is 0.257 e. The first kappa shape index (κ1) is 16.5. The van der Waals surface area contributed by atoms with Crippen molar-refractivity contribution in [3.63, 3.8) is 0 Å². The minimum atomic E-state index is -0.0668. The molecule has 2 heterocycles. The zero-order chi connectivity index (χ0) is 15.9. The Kier molecular flexibility index (Phi) is 6.00. The molecule has 0 N–H and O–H groups in total. The number of hydrogen-bond acceptors (Lipinski definition) is 4. The first-order chi connectivity index (χ1) is 10.6. The van der Waals surface area contributed by atoms with E-state index in [0.29, 0.717) is 57.1 Å². The third-order valence-electron chi connectivity index (χ3n) is 3.83. The van der Waals surface area contributed by atoms with Crippen LogP contribution in [-0.4, -0.2) is 61.0 Å². The Morgan fingerprint density at radius 3 is 2.59 bits per heavy atom. The molecular weight excluding hydrogens is 284 g/mol. The summed E-state index contributed by atoms with van der Waals surface area (Å²) in [7, 11) is 0. The normalized spacial score (nSPS) is 14.9. The molecule has 6 heteroatoms. The van der Waals surface area contributed by atoms with Gasteiger partial charge in [0, 0.05) is 32.6 Å². The third kappa shape index (κ3) is 4.10. The predicted octanol–water partition coefficient (Wildman–Crippen LogP) is 1.69. The van der Waals surface area contributed by atoms with E-state index in [1.807, 2.05) is 6.92 Å². The summed E-state index contributed by atoms with van der Waals surface area (Å²) in [6.07, 6.45) is 2.72. The molecule has 0 radical (unpaired) electrons. The largest absolute Gasteiger partial charge is 0.469 e. The van der Waals surface area contributed by atoms with Crippen LogP contribution in [0.3, 0.4) is 0 Å². The number of amides is 2. The number of carbonyl (C=O) groups excluding carboxylic acids is 2. The molecular formula is C16H24N2O4. The van der Waals surface area contributed by atoms with Gasteiger partial charge in [-0.25, -0.2) is 0 Å². The number of rotatable bonds is 6. The molecule has 1 aliphatic rings. The zero-order valence-electron chi connectivity index (χ0n) is 13.3. The van der Waals surface area contributed by atoms with Crippen molar-refractivity contribution in [2.24, 2.45) is 0 Å². The lowest BCUT2D eigenvalue weighted by molar-refractivity contribution is -0.135. The van der Waals surface area contributed by atoms with Crippen LogP contribution in [0.1, 0.15) is 35.9 Å². The molecule has 0 spiro atoms. The number of hydrogen-bond donors (Lipinski definition) is 0. The molecule has 0 aliphatic carbocycles. The minimum Gasteiger partial charge on any atom is -0.469 e. The molecule has 1 fully saturated rings. The van der Waals surface area contributed by atoms with E-state index in [1.54, 1.807) is 22.8 Å². The van der Waals surface area contributed by atoms with Crippen LogP contribution in [0.5, 0.6) is 0 Å². The minimum absolute atomic E-state index is 0.0668. The quantitative estimate of drug-likeness (QED) is 0.802. The summed E-state index contributed by atoms with van der Waals surface area (Å²) in [5.41, 5.74) is 0.576. The fraction of sp³-hybridized carbons (Fsp3) is 0.625. The number of furan rings is 1. The molecule has 2 amide bonds. The Hall–Kier alpha value is -1.82. The van der Waals surface area contributed by atoms with Crippen molar-refractivity contribution in [1.82, 2.24) is 9.80 Å². The highest BCUT2D eigenvalue weighted by Crippen LogP contribution is 2.13. The van der Waals surface area contributed by atoms with Crippen molar-refractivity contribution >= 4 is 11.8 Å². The molecule has 2 rings (SSSR count). The van der Waals surface area contributed by atoms with Gasteiger partial charge in [-0.3, -0.25) is 9.59 Å². The maximum absolute atomic E-state index is 12.5. The summed E-state index contributed by atoms with van der Waals surface area (Å²) in [6.45, 7) is 7.34. The van der Waals surface area contributed by atoms with Gasteiger partial charge < -0.3 is 19.0 Å². The second-order valence-electron chi connectivity index (χ2n) is 5.43. The van der Waals surface area contributed by atoms with Crippen molar-refractivity contribution < 1.29 is 18.7 Å². The van der Waals surface area contributed by atoms with Crippen LogP contribution in [0.15, 0.2) is 16.7 Å². The Labute approximate surface area is 131 Å². The molecule has 0 saturated carbocycles. The Morgan fingerprint density at radius 1 is 1.27 bits per heavy atom. The fourth-order valence-electron chi connectivity index (χ4n) is 2.56. The summed E-state index contributed by atoms with van der Waals surface area (Å²) < 4.78 is 10.4. The van der Waals surface area contributed by atoms with Gasteiger partial charge >= 0.3 is 0 Å². The third-order valence-corrected chi connectivity index (χ3v) is 3.83. The van der Waals surface area contributed by atoms with Gasteiger partial charge in [0.2, 0.25) is 5.91 Å². The molecule has 0 aromatic carbocycles. The van der Waals surface area contributed by atoms with Gasteiger partial charge in [0.25, 0.3) is 5.91 Å². The number of nitrogens with zero attached hydrogens (tertiary/aromatic N) is 2. The lowest BCUT2D eigenvalue weighted by atomic mass is 10.2. The van der Waals surface area contributed by atoms with Gasteiger partial charge in [0.15, 0.2) is 0 Å². The summed E-state index contributed by atoms with van der Waals surface area (Å²) in [5.74, 6) is 0.634. The van der Waals surface area contributed by atoms with Crippen LogP contribution < -0.4 is 0 Å². The summed E-state index contributed by atoms with van der Waals surface area (Å²) in [4.78, 5) is 28.3. The van der Waals surface area contributed by atoms with E-state index in [2.05, 4.69) is 0 Å². The van der Waals surface area contributed by atoms with Gasteiger partial charge in [-0.2, -0.15) is 0 Å². The first-order valence-corrected chi connectivity index (χ1v) is 7.82. The number of aryl methyl sites for hydroxylation is 1. The lowest BCUT2D eigenvalue weighted by Gasteiger charge is -2.28. The molecule has 1 aliphatic heterocycles. The van der Waals surface area contributed by atoms with Crippen molar-refractivity contribution in [3.8, 4) is 0 Å².